The van der Waals surface area contributed by atoms with Crippen molar-refractivity contribution in [2.45, 2.75) is 56.2 Å². The molecular weight excluding hydrogens is 364 g/mol. The van der Waals surface area contributed by atoms with Gasteiger partial charge in [-0.15, -0.1) is 10.2 Å². The van der Waals surface area contributed by atoms with E-state index in [9.17, 15) is 5.11 Å². The van der Waals surface area contributed by atoms with Crippen molar-refractivity contribution in [2.75, 3.05) is 0 Å². The molecular formula is C19H21ClN6O. The lowest BCUT2D eigenvalue weighted by molar-refractivity contribution is -0.00613. The third-order valence-corrected chi connectivity index (χ3v) is 5.58. The van der Waals surface area contributed by atoms with E-state index in [1.807, 2.05) is 24.5 Å². The Morgan fingerprint density at radius 2 is 1.37 bits per heavy atom. The molecule has 2 saturated carbocycles. The monoisotopic (exact) mass is 384 g/mol. The van der Waals surface area contributed by atoms with E-state index in [0.29, 0.717) is 16.9 Å². The summed E-state index contributed by atoms with van der Waals surface area (Å²) in [4.78, 5) is 0. The molecule has 1 N–H and O–H groups in total. The minimum absolute atomic E-state index is 0.285. The third-order valence-electron chi connectivity index (χ3n) is 5.33. The Bertz CT molecular complexity index is 889. The van der Waals surface area contributed by atoms with Gasteiger partial charge in [-0.25, -0.2) is 9.36 Å². The van der Waals surface area contributed by atoms with Gasteiger partial charge in [0, 0.05) is 29.3 Å². The van der Waals surface area contributed by atoms with Crippen LogP contribution in [0.5, 0.6) is 0 Å². The van der Waals surface area contributed by atoms with Crippen LogP contribution in [-0.4, -0.2) is 35.1 Å². The SMILES string of the molecule is OC(Cn1cc(C2CC2)nn1)(Cn1cc(C2CC2)nn1)c1ccc(Cl)cc1. The zero-order chi connectivity index (χ0) is 18.4. The van der Waals surface area contributed by atoms with E-state index in [4.69, 9.17) is 11.6 Å². The highest BCUT2D eigenvalue weighted by molar-refractivity contribution is 6.30. The topological polar surface area (TPSA) is 81.6 Å². The summed E-state index contributed by atoms with van der Waals surface area (Å²) in [5.74, 6) is 1.05. The second kappa shape index (κ2) is 6.42. The molecule has 0 saturated heterocycles. The van der Waals surface area contributed by atoms with Crippen LogP contribution in [0.4, 0.5) is 0 Å². The number of rotatable bonds is 7. The molecule has 0 aliphatic heterocycles. The standard InChI is InChI=1S/C19H21ClN6O/c20-16-7-5-15(6-8-16)19(27,11-25-9-17(21-23-25)13-1-2-13)12-26-10-18(22-24-26)14-3-4-14/h5-10,13-14,27H,1-4,11-12H2. The van der Waals surface area contributed by atoms with Crippen molar-refractivity contribution in [1.82, 2.24) is 30.0 Å². The van der Waals surface area contributed by atoms with Crippen molar-refractivity contribution in [3.8, 4) is 0 Å². The molecule has 5 rings (SSSR count). The zero-order valence-corrected chi connectivity index (χ0v) is 15.6. The van der Waals surface area contributed by atoms with Crippen LogP contribution in [0.2, 0.25) is 5.02 Å². The second-order valence-corrected chi connectivity index (χ2v) is 8.21. The smallest absolute Gasteiger partial charge is 0.129 e. The average molecular weight is 385 g/mol. The lowest BCUT2D eigenvalue weighted by Crippen LogP contribution is -2.36. The molecule has 2 heterocycles. The van der Waals surface area contributed by atoms with Crippen LogP contribution in [-0.2, 0) is 18.7 Å². The van der Waals surface area contributed by atoms with Crippen molar-refractivity contribution in [2.24, 2.45) is 0 Å². The minimum atomic E-state index is -1.20. The summed E-state index contributed by atoms with van der Waals surface area (Å²) in [7, 11) is 0. The van der Waals surface area contributed by atoms with Gasteiger partial charge in [-0.2, -0.15) is 0 Å². The third kappa shape index (κ3) is 3.61. The summed E-state index contributed by atoms with van der Waals surface area (Å²) in [5.41, 5.74) is 1.57. The molecule has 1 aromatic carbocycles. The molecule has 0 radical (unpaired) electrons. The molecule has 0 atom stereocenters. The fourth-order valence-electron chi connectivity index (χ4n) is 3.44. The molecule has 2 aliphatic carbocycles. The van der Waals surface area contributed by atoms with Gasteiger partial charge in [0.1, 0.15) is 5.60 Å². The van der Waals surface area contributed by atoms with Gasteiger partial charge in [-0.3, -0.25) is 0 Å². The number of benzene rings is 1. The summed E-state index contributed by atoms with van der Waals surface area (Å²) in [5, 5.41) is 29.2. The Labute approximate surface area is 162 Å². The maximum atomic E-state index is 11.6. The second-order valence-electron chi connectivity index (χ2n) is 7.77. The van der Waals surface area contributed by atoms with Crippen LogP contribution in [0.15, 0.2) is 36.7 Å². The van der Waals surface area contributed by atoms with Gasteiger partial charge in [-0.05, 0) is 43.4 Å². The number of aromatic nitrogens is 6. The maximum Gasteiger partial charge on any atom is 0.129 e. The van der Waals surface area contributed by atoms with Gasteiger partial charge in [0.15, 0.2) is 0 Å². The maximum absolute atomic E-state index is 11.6. The Kier molecular flexibility index (Phi) is 4.02. The quantitative estimate of drug-likeness (QED) is 0.677. The average Bonchev–Trinajstić information content (AvgIpc) is 3.59. The van der Waals surface area contributed by atoms with Gasteiger partial charge >= 0.3 is 0 Å². The molecule has 2 fully saturated rings. The van der Waals surface area contributed by atoms with E-state index < -0.39 is 5.60 Å². The van der Waals surface area contributed by atoms with Crippen LogP contribution in [0.1, 0.15) is 54.5 Å². The van der Waals surface area contributed by atoms with E-state index in [2.05, 4.69) is 20.6 Å². The molecule has 0 bridgehead atoms. The molecule has 3 aromatic rings. The first-order valence-electron chi connectivity index (χ1n) is 9.37. The molecule has 0 spiro atoms. The number of hydrogen-bond donors (Lipinski definition) is 1. The summed E-state index contributed by atoms with van der Waals surface area (Å²) >= 11 is 6.04. The molecule has 2 aliphatic rings. The number of halogens is 1. The molecule has 7 nitrogen and oxygen atoms in total. The highest BCUT2D eigenvalue weighted by atomic mass is 35.5. The molecule has 2 aromatic heterocycles. The summed E-state index contributed by atoms with van der Waals surface area (Å²) < 4.78 is 3.45. The van der Waals surface area contributed by atoms with Gasteiger partial charge in [0.25, 0.3) is 0 Å². The summed E-state index contributed by atoms with van der Waals surface area (Å²) in [6.45, 7) is 0.569. The molecule has 0 amide bonds. The van der Waals surface area contributed by atoms with Crippen LogP contribution in [0.3, 0.4) is 0 Å². The van der Waals surface area contributed by atoms with Crippen LogP contribution in [0, 0.1) is 0 Å². The van der Waals surface area contributed by atoms with Gasteiger partial charge < -0.3 is 5.11 Å². The minimum Gasteiger partial charge on any atom is -0.381 e. The van der Waals surface area contributed by atoms with Crippen molar-refractivity contribution in [3.05, 3.63) is 58.6 Å². The highest BCUT2D eigenvalue weighted by Gasteiger charge is 2.34. The summed E-state index contributed by atoms with van der Waals surface area (Å²) in [6.07, 6.45) is 8.56. The molecule has 8 heteroatoms. The predicted octanol–water partition coefficient (Wildman–Crippen LogP) is 2.87. The number of hydrogen-bond acceptors (Lipinski definition) is 5. The first-order valence-corrected chi connectivity index (χ1v) is 9.75. The van der Waals surface area contributed by atoms with E-state index in [-0.39, 0.29) is 13.1 Å². The van der Waals surface area contributed by atoms with Crippen LogP contribution in [0.25, 0.3) is 0 Å². The number of nitrogens with zero attached hydrogens (tertiary/aromatic N) is 6. The van der Waals surface area contributed by atoms with E-state index >= 15 is 0 Å². The Morgan fingerprint density at radius 3 is 1.81 bits per heavy atom. The van der Waals surface area contributed by atoms with Gasteiger partial charge in [0.05, 0.1) is 24.5 Å². The van der Waals surface area contributed by atoms with Crippen LogP contribution >= 0.6 is 11.6 Å². The van der Waals surface area contributed by atoms with Crippen molar-refractivity contribution in [3.63, 3.8) is 0 Å². The van der Waals surface area contributed by atoms with E-state index in [0.717, 1.165) is 17.0 Å². The lowest BCUT2D eigenvalue weighted by Gasteiger charge is -2.28. The number of aliphatic hydroxyl groups is 1. The predicted molar refractivity (Wildman–Crippen MR) is 99.3 cm³/mol. The summed E-state index contributed by atoms with van der Waals surface area (Å²) in [6, 6.07) is 7.27. The van der Waals surface area contributed by atoms with E-state index in [1.165, 1.54) is 25.7 Å². The van der Waals surface area contributed by atoms with Crippen molar-refractivity contribution in [1.29, 1.82) is 0 Å². The Balaban J connectivity index is 1.44. The highest BCUT2D eigenvalue weighted by Crippen LogP contribution is 2.39. The van der Waals surface area contributed by atoms with Crippen LogP contribution < -0.4 is 0 Å². The Morgan fingerprint density at radius 1 is 0.889 bits per heavy atom. The molecule has 0 unspecified atom stereocenters. The first-order chi connectivity index (χ1) is 13.1. The molecule has 140 valence electrons. The zero-order valence-electron chi connectivity index (χ0n) is 14.9. The fraction of sp³-hybridized carbons (Fsp3) is 0.474. The molecule has 27 heavy (non-hydrogen) atoms. The lowest BCUT2D eigenvalue weighted by atomic mass is 9.93. The fourth-order valence-corrected chi connectivity index (χ4v) is 3.57. The van der Waals surface area contributed by atoms with E-state index in [1.54, 1.807) is 21.5 Å². The van der Waals surface area contributed by atoms with Crippen molar-refractivity contribution < 1.29 is 5.11 Å². The normalized spacial score (nSPS) is 17.4. The Hall–Kier alpha value is -2.25. The first kappa shape index (κ1) is 16.9. The van der Waals surface area contributed by atoms with Gasteiger partial charge in [0.2, 0.25) is 0 Å². The largest absolute Gasteiger partial charge is 0.381 e. The van der Waals surface area contributed by atoms with Crippen molar-refractivity contribution >= 4 is 11.6 Å². The van der Waals surface area contributed by atoms with Gasteiger partial charge in [-0.1, -0.05) is 34.2 Å².